The van der Waals surface area contributed by atoms with E-state index in [4.69, 9.17) is 16.2 Å². The van der Waals surface area contributed by atoms with E-state index >= 15 is 0 Å². The first-order valence-corrected chi connectivity index (χ1v) is 7.10. The molecule has 0 aliphatic carbocycles. The maximum atomic E-state index is 6.06. The number of aryl methyl sites for hydroxylation is 1. The van der Waals surface area contributed by atoms with E-state index in [2.05, 4.69) is 6.92 Å². The van der Waals surface area contributed by atoms with E-state index in [-0.39, 0.29) is 6.10 Å². The van der Waals surface area contributed by atoms with Crippen LogP contribution in [0, 0.1) is 6.92 Å². The third-order valence-corrected chi connectivity index (χ3v) is 4.32. The summed E-state index contributed by atoms with van der Waals surface area (Å²) in [5.74, 6) is 1.77. The van der Waals surface area contributed by atoms with Crippen LogP contribution in [0.3, 0.4) is 0 Å². The SMILES string of the molecule is CCCCC1CSc2c(N)c(C)cc(N)c2O1. The van der Waals surface area contributed by atoms with Gasteiger partial charge in [0.05, 0.1) is 16.3 Å². The van der Waals surface area contributed by atoms with Crippen molar-refractivity contribution in [1.82, 2.24) is 0 Å². The van der Waals surface area contributed by atoms with Gasteiger partial charge in [-0.25, -0.2) is 0 Å². The molecule has 1 aliphatic heterocycles. The Labute approximate surface area is 107 Å². The highest BCUT2D eigenvalue weighted by Gasteiger charge is 2.24. The Morgan fingerprint density at radius 3 is 2.94 bits per heavy atom. The van der Waals surface area contributed by atoms with Crippen LogP contribution < -0.4 is 16.2 Å². The predicted molar refractivity (Wildman–Crippen MR) is 74.7 cm³/mol. The van der Waals surface area contributed by atoms with Gasteiger partial charge in [-0.1, -0.05) is 19.8 Å². The fourth-order valence-corrected chi connectivity index (χ4v) is 3.23. The summed E-state index contributed by atoms with van der Waals surface area (Å²) in [6.07, 6.45) is 3.76. The number of benzene rings is 1. The quantitative estimate of drug-likeness (QED) is 0.811. The van der Waals surface area contributed by atoms with Gasteiger partial charge in [-0.2, -0.15) is 0 Å². The summed E-state index contributed by atoms with van der Waals surface area (Å²) in [6.45, 7) is 4.18. The topological polar surface area (TPSA) is 61.3 Å². The summed E-state index contributed by atoms with van der Waals surface area (Å²) in [5, 5.41) is 0. The summed E-state index contributed by atoms with van der Waals surface area (Å²) in [4.78, 5) is 1.02. The molecular weight excluding hydrogens is 232 g/mol. The fraction of sp³-hybridized carbons (Fsp3) is 0.538. The van der Waals surface area contributed by atoms with Gasteiger partial charge in [-0.15, -0.1) is 11.8 Å². The number of fused-ring (bicyclic) bond motifs is 1. The van der Waals surface area contributed by atoms with Crippen molar-refractivity contribution in [2.45, 2.75) is 44.1 Å². The van der Waals surface area contributed by atoms with Crippen LogP contribution in [0.25, 0.3) is 0 Å². The molecule has 1 aromatic rings. The minimum Gasteiger partial charge on any atom is -0.486 e. The number of anilines is 2. The van der Waals surface area contributed by atoms with Crippen molar-refractivity contribution in [3.8, 4) is 5.75 Å². The van der Waals surface area contributed by atoms with E-state index in [1.54, 1.807) is 11.8 Å². The maximum absolute atomic E-state index is 6.06. The first kappa shape index (κ1) is 12.4. The fourth-order valence-electron chi connectivity index (χ4n) is 2.02. The van der Waals surface area contributed by atoms with E-state index in [9.17, 15) is 0 Å². The Morgan fingerprint density at radius 2 is 2.24 bits per heavy atom. The lowest BCUT2D eigenvalue weighted by atomic mass is 10.1. The Balaban J connectivity index is 2.23. The molecule has 0 bridgehead atoms. The molecule has 1 unspecified atom stereocenters. The highest BCUT2D eigenvalue weighted by Crippen LogP contribution is 2.45. The number of hydrogen-bond donors (Lipinski definition) is 2. The van der Waals surface area contributed by atoms with E-state index in [1.807, 2.05) is 13.0 Å². The van der Waals surface area contributed by atoms with Gasteiger partial charge in [-0.05, 0) is 25.0 Å². The first-order chi connectivity index (χ1) is 8.13. The summed E-state index contributed by atoms with van der Waals surface area (Å²) in [7, 11) is 0. The lowest BCUT2D eigenvalue weighted by molar-refractivity contribution is 0.203. The van der Waals surface area contributed by atoms with Gasteiger partial charge in [0.15, 0.2) is 5.75 Å². The second-order valence-electron chi connectivity index (χ2n) is 4.55. The summed E-state index contributed by atoms with van der Waals surface area (Å²) in [6, 6.07) is 1.90. The average Bonchev–Trinajstić information content (AvgIpc) is 2.33. The number of ether oxygens (including phenoxy) is 1. The van der Waals surface area contributed by atoms with Crippen LogP contribution in [-0.4, -0.2) is 11.9 Å². The standard InChI is InChI=1S/C13H20N2OS/c1-3-4-5-9-7-17-13-11(15)8(2)6-10(14)12(13)16-9/h6,9H,3-5,7,14-15H2,1-2H3. The summed E-state index contributed by atoms with van der Waals surface area (Å²) < 4.78 is 5.97. The minimum absolute atomic E-state index is 0.275. The normalized spacial score (nSPS) is 18.6. The smallest absolute Gasteiger partial charge is 0.158 e. The molecule has 17 heavy (non-hydrogen) atoms. The molecular formula is C13H20N2OS. The Bertz CT molecular complexity index is 420. The summed E-state index contributed by atoms with van der Waals surface area (Å²) in [5.41, 5.74) is 14.6. The lowest BCUT2D eigenvalue weighted by Crippen LogP contribution is -2.24. The summed E-state index contributed by atoms with van der Waals surface area (Å²) >= 11 is 1.77. The molecule has 0 aromatic heterocycles. The van der Waals surface area contributed by atoms with Crippen molar-refractivity contribution in [3.05, 3.63) is 11.6 Å². The molecule has 1 aliphatic rings. The largest absolute Gasteiger partial charge is 0.486 e. The van der Waals surface area contributed by atoms with Crippen molar-refractivity contribution < 1.29 is 4.74 Å². The Hall–Kier alpha value is -1.03. The zero-order chi connectivity index (χ0) is 12.4. The van der Waals surface area contributed by atoms with Crippen LogP contribution in [0.5, 0.6) is 5.75 Å². The van der Waals surface area contributed by atoms with E-state index < -0.39 is 0 Å². The molecule has 0 fully saturated rings. The van der Waals surface area contributed by atoms with E-state index in [0.29, 0.717) is 5.69 Å². The molecule has 3 nitrogen and oxygen atoms in total. The molecule has 1 aromatic carbocycles. The average molecular weight is 252 g/mol. The molecule has 0 amide bonds. The number of nitrogen functional groups attached to an aromatic ring is 2. The zero-order valence-electron chi connectivity index (χ0n) is 10.5. The second-order valence-corrected chi connectivity index (χ2v) is 5.58. The highest BCUT2D eigenvalue weighted by atomic mass is 32.2. The van der Waals surface area contributed by atoms with Crippen LogP contribution in [0.4, 0.5) is 11.4 Å². The first-order valence-electron chi connectivity index (χ1n) is 6.11. The van der Waals surface area contributed by atoms with Gasteiger partial charge in [0, 0.05) is 5.75 Å². The third-order valence-electron chi connectivity index (χ3n) is 3.09. The van der Waals surface area contributed by atoms with Gasteiger partial charge >= 0.3 is 0 Å². The van der Waals surface area contributed by atoms with Crippen LogP contribution in [0.1, 0.15) is 31.7 Å². The van der Waals surface area contributed by atoms with Crippen molar-refractivity contribution >= 4 is 23.1 Å². The maximum Gasteiger partial charge on any atom is 0.158 e. The number of unbranched alkanes of at least 4 members (excludes halogenated alkanes) is 1. The Kier molecular flexibility index (Phi) is 3.72. The minimum atomic E-state index is 0.275. The lowest BCUT2D eigenvalue weighted by Gasteiger charge is -2.28. The van der Waals surface area contributed by atoms with Crippen LogP contribution in [0.2, 0.25) is 0 Å². The third kappa shape index (κ3) is 2.46. The van der Waals surface area contributed by atoms with Crippen LogP contribution in [-0.2, 0) is 0 Å². The van der Waals surface area contributed by atoms with Crippen molar-refractivity contribution in [3.63, 3.8) is 0 Å². The van der Waals surface area contributed by atoms with E-state index in [0.717, 1.165) is 34.1 Å². The molecule has 0 spiro atoms. The number of thioether (sulfide) groups is 1. The van der Waals surface area contributed by atoms with Gasteiger partial charge < -0.3 is 16.2 Å². The van der Waals surface area contributed by atoms with Gasteiger partial charge in [0.2, 0.25) is 0 Å². The van der Waals surface area contributed by atoms with Crippen molar-refractivity contribution in [1.29, 1.82) is 0 Å². The van der Waals surface area contributed by atoms with Crippen molar-refractivity contribution in [2.24, 2.45) is 0 Å². The number of rotatable bonds is 3. The molecule has 0 radical (unpaired) electrons. The van der Waals surface area contributed by atoms with Gasteiger partial charge in [-0.3, -0.25) is 0 Å². The van der Waals surface area contributed by atoms with Crippen LogP contribution in [0.15, 0.2) is 11.0 Å². The molecule has 2 rings (SSSR count). The van der Waals surface area contributed by atoms with Gasteiger partial charge in [0.25, 0.3) is 0 Å². The second kappa shape index (κ2) is 5.08. The monoisotopic (exact) mass is 252 g/mol. The molecule has 1 atom stereocenters. The zero-order valence-corrected chi connectivity index (χ0v) is 11.3. The molecule has 0 saturated carbocycles. The number of hydrogen-bond acceptors (Lipinski definition) is 4. The number of nitrogens with two attached hydrogens (primary N) is 2. The van der Waals surface area contributed by atoms with Crippen molar-refractivity contribution in [2.75, 3.05) is 17.2 Å². The molecule has 4 heteroatoms. The predicted octanol–water partition coefficient (Wildman–Crippen LogP) is 3.20. The molecule has 94 valence electrons. The molecule has 4 N–H and O–H groups in total. The Morgan fingerprint density at radius 1 is 1.47 bits per heavy atom. The molecule has 1 heterocycles. The highest BCUT2D eigenvalue weighted by molar-refractivity contribution is 7.99. The van der Waals surface area contributed by atoms with Gasteiger partial charge in [0.1, 0.15) is 6.10 Å². The van der Waals surface area contributed by atoms with Crippen LogP contribution >= 0.6 is 11.8 Å². The molecule has 0 saturated heterocycles. The van der Waals surface area contributed by atoms with E-state index in [1.165, 1.54) is 12.8 Å².